The zero-order valence-electron chi connectivity index (χ0n) is 16.8. The average molecular weight is 440 g/mol. The van der Waals surface area contributed by atoms with E-state index in [9.17, 15) is 17.6 Å². The van der Waals surface area contributed by atoms with Gasteiger partial charge in [-0.15, -0.1) is 0 Å². The van der Waals surface area contributed by atoms with Gasteiger partial charge in [-0.25, -0.2) is 8.70 Å². The van der Waals surface area contributed by atoms with Gasteiger partial charge in [-0.3, -0.25) is 4.79 Å². The topological polar surface area (TPSA) is 69.7 Å². The minimum atomic E-state index is -3.90. The number of benzene rings is 2. The lowest BCUT2D eigenvalue weighted by Gasteiger charge is -2.26. The summed E-state index contributed by atoms with van der Waals surface area (Å²) in [6, 6.07) is 13.2. The van der Waals surface area contributed by atoms with Gasteiger partial charge < -0.3 is 5.32 Å². The van der Waals surface area contributed by atoms with Crippen molar-refractivity contribution in [3.63, 3.8) is 0 Å². The van der Waals surface area contributed by atoms with Crippen molar-refractivity contribution in [2.75, 3.05) is 37.2 Å². The highest BCUT2D eigenvalue weighted by Gasteiger charge is 2.27. The smallest absolute Gasteiger partial charge is 0.304 e. The van der Waals surface area contributed by atoms with Gasteiger partial charge in [-0.05, 0) is 36.8 Å². The Hall–Kier alpha value is -2.10. The molecule has 0 aromatic heterocycles. The van der Waals surface area contributed by atoms with E-state index in [4.69, 9.17) is 0 Å². The fourth-order valence-electron chi connectivity index (χ4n) is 2.55. The normalized spacial score (nSPS) is 11.5. The number of thioether (sulfide) groups is 1. The third kappa shape index (κ3) is 7.02. The second-order valence-corrected chi connectivity index (χ2v) is 9.84. The summed E-state index contributed by atoms with van der Waals surface area (Å²) in [7, 11) is -1.14. The molecule has 0 fully saturated rings. The van der Waals surface area contributed by atoms with Gasteiger partial charge >= 0.3 is 10.2 Å². The summed E-state index contributed by atoms with van der Waals surface area (Å²) < 4.78 is 40.3. The maximum atomic E-state index is 13.2. The molecule has 0 aliphatic heterocycles. The summed E-state index contributed by atoms with van der Waals surface area (Å²) in [5.41, 5.74) is 2.66. The molecule has 0 atom stereocenters. The molecule has 0 radical (unpaired) electrons. The molecule has 2 aromatic rings. The first-order valence-electron chi connectivity index (χ1n) is 9.06. The Morgan fingerprint density at radius 2 is 1.83 bits per heavy atom. The molecule has 9 heteroatoms. The fraction of sp³-hybridized carbons (Fsp3) is 0.350. The first-order chi connectivity index (χ1) is 13.7. The van der Waals surface area contributed by atoms with E-state index in [0.717, 1.165) is 26.5 Å². The van der Waals surface area contributed by atoms with E-state index in [2.05, 4.69) is 17.4 Å². The number of anilines is 1. The van der Waals surface area contributed by atoms with E-state index in [0.29, 0.717) is 12.3 Å². The first kappa shape index (κ1) is 23.2. The van der Waals surface area contributed by atoms with Gasteiger partial charge in [0.05, 0.1) is 5.69 Å². The monoisotopic (exact) mass is 439 g/mol. The summed E-state index contributed by atoms with van der Waals surface area (Å²) in [6.45, 7) is 2.09. The van der Waals surface area contributed by atoms with Crippen LogP contribution in [0.15, 0.2) is 48.5 Å². The van der Waals surface area contributed by atoms with Crippen molar-refractivity contribution >= 4 is 33.6 Å². The molecule has 158 valence electrons. The molecule has 0 aliphatic rings. The van der Waals surface area contributed by atoms with E-state index < -0.39 is 21.9 Å². The van der Waals surface area contributed by atoms with Crippen LogP contribution in [0.4, 0.5) is 10.1 Å². The average Bonchev–Trinajstić information content (AvgIpc) is 2.66. The molecular weight excluding hydrogens is 413 g/mol. The Labute approximate surface area is 176 Å². The Morgan fingerprint density at radius 1 is 1.14 bits per heavy atom. The third-order valence-electron chi connectivity index (χ3n) is 4.06. The van der Waals surface area contributed by atoms with Crippen molar-refractivity contribution < 1.29 is 17.6 Å². The number of hydrogen-bond donors (Lipinski definition) is 1. The molecule has 29 heavy (non-hydrogen) atoms. The number of nitrogens with one attached hydrogen (secondary N) is 1. The summed E-state index contributed by atoms with van der Waals surface area (Å²) >= 11 is 1.69. The standard InChI is InChI=1S/C20H26FN3O3S2/c1-16-5-4-6-17(13-16)15-28-12-11-22-20(25)14-24(29(26,27)23(2)3)19-9-7-18(21)8-10-19/h4-10,13H,11-12,14-15H2,1-3H3,(H,22,25). The Balaban J connectivity index is 1.90. The van der Waals surface area contributed by atoms with E-state index in [1.165, 1.54) is 37.4 Å². The molecule has 0 saturated heterocycles. The van der Waals surface area contributed by atoms with Gasteiger partial charge in [0, 0.05) is 32.1 Å². The van der Waals surface area contributed by atoms with Gasteiger partial charge in [0.1, 0.15) is 12.4 Å². The fourth-order valence-corrected chi connectivity index (χ4v) is 4.42. The van der Waals surface area contributed by atoms with Crippen molar-refractivity contribution in [3.05, 3.63) is 65.5 Å². The van der Waals surface area contributed by atoms with Crippen molar-refractivity contribution in [1.29, 1.82) is 0 Å². The van der Waals surface area contributed by atoms with Gasteiger partial charge in [0.2, 0.25) is 5.91 Å². The SMILES string of the molecule is Cc1cccc(CSCCNC(=O)CN(c2ccc(F)cc2)S(=O)(=O)N(C)C)c1. The van der Waals surface area contributed by atoms with Crippen molar-refractivity contribution in [2.24, 2.45) is 0 Å². The number of carbonyl (C=O) groups is 1. The summed E-state index contributed by atoms with van der Waals surface area (Å²) in [6.07, 6.45) is 0. The summed E-state index contributed by atoms with van der Waals surface area (Å²) in [5, 5.41) is 2.74. The molecule has 2 aromatic carbocycles. The summed E-state index contributed by atoms with van der Waals surface area (Å²) in [5.74, 6) is 0.646. The number of carbonyl (C=O) groups excluding carboxylic acids is 1. The van der Waals surface area contributed by atoms with Crippen LogP contribution in [0.5, 0.6) is 0 Å². The Morgan fingerprint density at radius 3 is 2.45 bits per heavy atom. The maximum absolute atomic E-state index is 13.2. The van der Waals surface area contributed by atoms with Gasteiger partial charge in [-0.2, -0.15) is 24.5 Å². The van der Waals surface area contributed by atoms with Crippen LogP contribution in [0, 0.1) is 12.7 Å². The second-order valence-electron chi connectivity index (χ2n) is 6.66. The van der Waals surface area contributed by atoms with Crippen LogP contribution in [-0.2, 0) is 20.8 Å². The molecule has 0 heterocycles. The predicted octanol–water partition coefficient (Wildman–Crippen LogP) is 2.80. The molecule has 0 saturated carbocycles. The number of halogens is 1. The molecule has 1 N–H and O–H groups in total. The van der Waals surface area contributed by atoms with Crippen LogP contribution in [0.25, 0.3) is 0 Å². The maximum Gasteiger partial charge on any atom is 0.304 e. The lowest BCUT2D eigenvalue weighted by molar-refractivity contribution is -0.119. The number of rotatable bonds is 10. The predicted molar refractivity (Wildman–Crippen MR) is 117 cm³/mol. The van der Waals surface area contributed by atoms with E-state index in [1.54, 1.807) is 11.8 Å². The summed E-state index contributed by atoms with van der Waals surface area (Å²) in [4.78, 5) is 12.3. The minimum Gasteiger partial charge on any atom is -0.354 e. The van der Waals surface area contributed by atoms with Crippen LogP contribution < -0.4 is 9.62 Å². The Bertz CT molecular complexity index is 919. The van der Waals surface area contributed by atoms with Crippen molar-refractivity contribution in [3.8, 4) is 0 Å². The highest BCUT2D eigenvalue weighted by Crippen LogP contribution is 2.19. The number of hydrogen-bond acceptors (Lipinski definition) is 4. The van der Waals surface area contributed by atoms with Crippen LogP contribution in [0.1, 0.15) is 11.1 Å². The molecule has 0 aliphatic carbocycles. The zero-order valence-corrected chi connectivity index (χ0v) is 18.4. The number of aryl methyl sites for hydroxylation is 1. The van der Waals surface area contributed by atoms with Crippen LogP contribution in [0.3, 0.4) is 0 Å². The van der Waals surface area contributed by atoms with E-state index in [1.807, 2.05) is 19.1 Å². The van der Waals surface area contributed by atoms with Gasteiger partial charge in [0.25, 0.3) is 0 Å². The largest absolute Gasteiger partial charge is 0.354 e. The molecule has 1 amide bonds. The highest BCUT2D eigenvalue weighted by molar-refractivity contribution is 7.98. The molecule has 6 nitrogen and oxygen atoms in total. The number of nitrogens with zero attached hydrogens (tertiary/aromatic N) is 2. The van der Waals surface area contributed by atoms with Gasteiger partial charge in [-0.1, -0.05) is 29.8 Å². The minimum absolute atomic E-state index is 0.226. The quantitative estimate of drug-likeness (QED) is 0.578. The zero-order chi connectivity index (χ0) is 21.4. The molecule has 0 bridgehead atoms. The van der Waals surface area contributed by atoms with E-state index in [-0.39, 0.29) is 12.2 Å². The van der Waals surface area contributed by atoms with Gasteiger partial charge in [0.15, 0.2) is 0 Å². The van der Waals surface area contributed by atoms with Crippen LogP contribution >= 0.6 is 11.8 Å². The molecule has 0 spiro atoms. The van der Waals surface area contributed by atoms with Crippen molar-refractivity contribution in [1.82, 2.24) is 9.62 Å². The van der Waals surface area contributed by atoms with E-state index >= 15 is 0 Å². The molecule has 2 rings (SSSR count). The number of amides is 1. The highest BCUT2D eigenvalue weighted by atomic mass is 32.2. The lowest BCUT2D eigenvalue weighted by Crippen LogP contribution is -2.46. The van der Waals surface area contributed by atoms with Crippen molar-refractivity contribution in [2.45, 2.75) is 12.7 Å². The van der Waals surface area contributed by atoms with Crippen LogP contribution in [-0.4, -0.2) is 51.6 Å². The lowest BCUT2D eigenvalue weighted by atomic mass is 10.2. The van der Waals surface area contributed by atoms with Crippen LogP contribution in [0.2, 0.25) is 0 Å². The molecular formula is C20H26FN3O3S2. The second kappa shape index (κ2) is 10.6. The first-order valence-corrected chi connectivity index (χ1v) is 11.6. The third-order valence-corrected chi connectivity index (χ3v) is 6.91. The molecule has 0 unspecified atom stereocenters. The Kier molecular flexibility index (Phi) is 8.48.